The first-order valence-corrected chi connectivity index (χ1v) is 12.0. The molecule has 0 bridgehead atoms. The molecule has 0 saturated carbocycles. The van der Waals surface area contributed by atoms with Crippen LogP contribution in [-0.2, 0) is 20.9 Å². The highest BCUT2D eigenvalue weighted by Gasteiger charge is 2.30. The van der Waals surface area contributed by atoms with Crippen LogP contribution in [0.5, 0.6) is 5.75 Å². The summed E-state index contributed by atoms with van der Waals surface area (Å²) in [6.07, 6.45) is 2.78. The zero-order valence-corrected chi connectivity index (χ0v) is 18.9. The lowest BCUT2D eigenvalue weighted by Gasteiger charge is -2.18. The standard InChI is InChI=1S/C20H17BrN2O5S2/c1-28-16-6-4-5-14(11-16)19(13-23-20-10-9-15(21)12-22-20)30(26,27)18-8-3-2-7-17(18)29(24)25/h2-13,19H,1H3,(H,24,25)/p-1. The summed E-state index contributed by atoms with van der Waals surface area (Å²) in [5.41, 5.74) is 0.377. The Kier molecular flexibility index (Phi) is 7.14. The second kappa shape index (κ2) is 9.61. The van der Waals surface area contributed by atoms with Crippen molar-refractivity contribution < 1.29 is 21.9 Å². The molecule has 0 amide bonds. The van der Waals surface area contributed by atoms with Crippen LogP contribution in [0.1, 0.15) is 10.8 Å². The third-order valence-corrected chi connectivity index (χ3v) is 7.49. The third kappa shape index (κ3) is 5.01. The summed E-state index contributed by atoms with van der Waals surface area (Å²) in [4.78, 5) is 7.72. The second-order valence-corrected chi connectivity index (χ2v) is 9.90. The van der Waals surface area contributed by atoms with E-state index in [0.717, 1.165) is 4.47 Å². The van der Waals surface area contributed by atoms with Gasteiger partial charge in [0, 0.05) is 21.8 Å². The zero-order valence-electron chi connectivity index (χ0n) is 15.6. The van der Waals surface area contributed by atoms with Gasteiger partial charge < -0.3 is 9.29 Å². The van der Waals surface area contributed by atoms with E-state index in [-0.39, 0.29) is 9.79 Å². The Hall–Kier alpha value is -2.40. The maximum atomic E-state index is 13.5. The fourth-order valence-corrected chi connectivity index (χ4v) is 5.54. The number of methoxy groups -OCH3 is 1. The van der Waals surface area contributed by atoms with Crippen molar-refractivity contribution >= 4 is 48.9 Å². The maximum absolute atomic E-state index is 13.5. The van der Waals surface area contributed by atoms with Crippen LogP contribution >= 0.6 is 15.9 Å². The van der Waals surface area contributed by atoms with Crippen molar-refractivity contribution in [3.05, 3.63) is 76.9 Å². The Bertz CT molecular complexity index is 1200. The third-order valence-electron chi connectivity index (χ3n) is 4.15. The lowest BCUT2D eigenvalue weighted by atomic mass is 10.1. The van der Waals surface area contributed by atoms with Crippen LogP contribution in [0.15, 0.2) is 86.1 Å². The maximum Gasteiger partial charge on any atom is 0.191 e. The molecule has 0 spiro atoms. The van der Waals surface area contributed by atoms with Crippen molar-refractivity contribution in [1.82, 2.24) is 4.98 Å². The summed E-state index contributed by atoms with van der Waals surface area (Å²) in [6.45, 7) is 0. The lowest BCUT2D eigenvalue weighted by Crippen LogP contribution is -2.17. The highest BCUT2D eigenvalue weighted by Crippen LogP contribution is 2.33. The number of pyridine rings is 1. The van der Waals surface area contributed by atoms with Crippen LogP contribution in [0, 0.1) is 0 Å². The molecule has 0 aliphatic heterocycles. The topological polar surface area (TPSA) is 109 Å². The Morgan fingerprint density at radius 3 is 2.60 bits per heavy atom. The van der Waals surface area contributed by atoms with Crippen molar-refractivity contribution in [3.63, 3.8) is 0 Å². The van der Waals surface area contributed by atoms with Crippen LogP contribution < -0.4 is 4.74 Å². The minimum atomic E-state index is -4.17. The number of aromatic nitrogens is 1. The molecular weight excluding hydrogens is 492 g/mol. The molecule has 0 N–H and O–H groups in total. The quantitative estimate of drug-likeness (QED) is 0.353. The first-order valence-electron chi connectivity index (χ1n) is 8.55. The van der Waals surface area contributed by atoms with Crippen molar-refractivity contribution in [3.8, 4) is 5.75 Å². The van der Waals surface area contributed by atoms with E-state index in [0.29, 0.717) is 17.1 Å². The fraction of sp³-hybridized carbons (Fsp3) is 0.100. The first-order chi connectivity index (χ1) is 14.3. The fourth-order valence-electron chi connectivity index (χ4n) is 2.71. The van der Waals surface area contributed by atoms with Gasteiger partial charge in [-0.25, -0.2) is 18.4 Å². The Morgan fingerprint density at radius 2 is 1.93 bits per heavy atom. The molecule has 3 aromatic rings. The monoisotopic (exact) mass is 507 g/mol. The molecule has 0 aliphatic rings. The summed E-state index contributed by atoms with van der Waals surface area (Å²) >= 11 is 0.555. The van der Waals surface area contributed by atoms with Gasteiger partial charge in [-0.05, 0) is 69.0 Å². The zero-order chi connectivity index (χ0) is 21.7. The van der Waals surface area contributed by atoms with Crippen molar-refractivity contribution in [2.24, 2.45) is 4.99 Å². The summed E-state index contributed by atoms with van der Waals surface area (Å²) in [6, 6.07) is 15.3. The molecular formula is C20H16BrN2O5S2-. The van der Waals surface area contributed by atoms with Gasteiger partial charge in [0.25, 0.3) is 0 Å². The van der Waals surface area contributed by atoms with E-state index in [1.54, 1.807) is 36.4 Å². The van der Waals surface area contributed by atoms with Crippen molar-refractivity contribution in [2.45, 2.75) is 15.0 Å². The Labute approximate surface area is 185 Å². The van der Waals surface area contributed by atoms with Crippen LogP contribution in [0.2, 0.25) is 0 Å². The Morgan fingerprint density at radius 1 is 1.17 bits per heavy atom. The normalized spacial score (nSPS) is 13.8. The summed E-state index contributed by atoms with van der Waals surface area (Å²) in [5.74, 6) is 0.769. The SMILES string of the molecule is COc1cccc(C(C=Nc2ccc(Br)cn2)S(=O)(=O)c2ccccc2S(=O)[O-])c1. The molecule has 1 heterocycles. The molecule has 0 fully saturated rings. The van der Waals surface area contributed by atoms with Gasteiger partial charge in [-0.3, -0.25) is 4.21 Å². The molecule has 2 aromatic carbocycles. The van der Waals surface area contributed by atoms with Crippen LogP contribution in [0.25, 0.3) is 0 Å². The number of rotatable bonds is 7. The molecule has 3 rings (SSSR count). The van der Waals surface area contributed by atoms with Gasteiger partial charge in [-0.15, -0.1) is 0 Å². The number of hydrogen-bond acceptors (Lipinski definition) is 7. The van der Waals surface area contributed by atoms with Gasteiger partial charge in [-0.1, -0.05) is 24.3 Å². The number of ether oxygens (including phenoxy) is 1. The van der Waals surface area contributed by atoms with Crippen molar-refractivity contribution in [1.29, 1.82) is 0 Å². The number of sulfone groups is 1. The molecule has 2 unspecified atom stereocenters. The largest absolute Gasteiger partial charge is 0.768 e. The second-order valence-electron chi connectivity index (χ2n) is 6.04. The minimum absolute atomic E-state index is 0.304. The number of aliphatic imine (C=N–C) groups is 1. The Balaban J connectivity index is 2.15. The van der Waals surface area contributed by atoms with E-state index in [1.165, 1.54) is 43.8 Å². The van der Waals surface area contributed by atoms with E-state index in [1.807, 2.05) is 0 Å². The highest BCUT2D eigenvalue weighted by atomic mass is 79.9. The molecule has 10 heteroatoms. The van der Waals surface area contributed by atoms with E-state index in [9.17, 15) is 17.2 Å². The van der Waals surface area contributed by atoms with E-state index in [4.69, 9.17) is 4.74 Å². The van der Waals surface area contributed by atoms with Gasteiger partial charge in [-0.2, -0.15) is 0 Å². The molecule has 1 aromatic heterocycles. The van der Waals surface area contributed by atoms with E-state index >= 15 is 0 Å². The number of hydrogen-bond donors (Lipinski definition) is 0. The van der Waals surface area contributed by atoms with Gasteiger partial charge in [0.1, 0.15) is 11.0 Å². The lowest BCUT2D eigenvalue weighted by molar-refractivity contribution is 0.414. The summed E-state index contributed by atoms with van der Waals surface area (Å²) in [5, 5.41) is -1.26. The van der Waals surface area contributed by atoms with Crippen LogP contribution in [0.4, 0.5) is 5.82 Å². The molecule has 2 atom stereocenters. The van der Waals surface area contributed by atoms with Crippen molar-refractivity contribution in [2.75, 3.05) is 7.11 Å². The molecule has 0 saturated heterocycles. The van der Waals surface area contributed by atoms with Gasteiger partial charge in [0.15, 0.2) is 15.7 Å². The molecule has 0 radical (unpaired) electrons. The summed E-state index contributed by atoms with van der Waals surface area (Å²) in [7, 11) is -2.70. The number of benzene rings is 2. The molecule has 156 valence electrons. The summed E-state index contributed by atoms with van der Waals surface area (Å²) < 4.78 is 56.2. The smallest absolute Gasteiger partial charge is 0.191 e. The minimum Gasteiger partial charge on any atom is -0.768 e. The van der Waals surface area contributed by atoms with Gasteiger partial charge in [0.05, 0.1) is 12.0 Å². The number of nitrogens with zero attached hydrogens (tertiary/aromatic N) is 2. The number of halogens is 1. The predicted octanol–water partition coefficient (Wildman–Crippen LogP) is 4.01. The molecule has 30 heavy (non-hydrogen) atoms. The highest BCUT2D eigenvalue weighted by molar-refractivity contribution is 9.10. The average molecular weight is 508 g/mol. The van der Waals surface area contributed by atoms with Gasteiger partial charge >= 0.3 is 0 Å². The first kappa shape index (κ1) is 22.3. The van der Waals surface area contributed by atoms with E-state index in [2.05, 4.69) is 25.9 Å². The molecule has 7 nitrogen and oxygen atoms in total. The average Bonchev–Trinajstić information content (AvgIpc) is 2.75. The van der Waals surface area contributed by atoms with Crippen LogP contribution in [-0.4, -0.2) is 35.5 Å². The van der Waals surface area contributed by atoms with Gasteiger partial charge in [0.2, 0.25) is 0 Å². The van der Waals surface area contributed by atoms with Crippen LogP contribution in [0.3, 0.4) is 0 Å². The molecule has 0 aliphatic carbocycles. The predicted molar refractivity (Wildman–Crippen MR) is 117 cm³/mol. The van der Waals surface area contributed by atoms with E-state index < -0.39 is 26.2 Å².